The first-order chi connectivity index (χ1) is 10.4. The highest BCUT2D eigenvalue weighted by atomic mass is 16.4. The normalized spacial score (nSPS) is 22.6. The van der Waals surface area contributed by atoms with Crippen molar-refractivity contribution in [2.45, 2.75) is 52.0 Å². The third-order valence-corrected chi connectivity index (χ3v) is 4.83. The largest absolute Gasteiger partial charge is 0.481 e. The van der Waals surface area contributed by atoms with Gasteiger partial charge in [-0.1, -0.05) is 38.1 Å². The molecule has 1 N–H and O–H groups in total. The van der Waals surface area contributed by atoms with Gasteiger partial charge in [-0.2, -0.15) is 0 Å². The minimum Gasteiger partial charge on any atom is -0.481 e. The van der Waals surface area contributed by atoms with E-state index in [1.54, 1.807) is 4.90 Å². The summed E-state index contributed by atoms with van der Waals surface area (Å²) in [6, 6.07) is 8.18. The van der Waals surface area contributed by atoms with Gasteiger partial charge in [0.05, 0.1) is 5.92 Å². The second kappa shape index (κ2) is 6.95. The van der Waals surface area contributed by atoms with Crippen molar-refractivity contribution in [2.24, 2.45) is 5.92 Å². The second-order valence-corrected chi connectivity index (χ2v) is 6.26. The minimum atomic E-state index is -0.800. The van der Waals surface area contributed by atoms with Crippen LogP contribution in [0, 0.1) is 5.92 Å². The number of aryl methyl sites for hydroxylation is 1. The molecule has 4 nitrogen and oxygen atoms in total. The van der Waals surface area contributed by atoms with Crippen LogP contribution in [0.25, 0.3) is 0 Å². The Morgan fingerprint density at radius 1 is 1.32 bits per heavy atom. The highest BCUT2D eigenvalue weighted by molar-refractivity contribution is 5.80. The molecule has 1 aliphatic heterocycles. The van der Waals surface area contributed by atoms with Crippen LogP contribution in [0.1, 0.15) is 50.7 Å². The van der Waals surface area contributed by atoms with Gasteiger partial charge in [0.2, 0.25) is 5.91 Å². The Morgan fingerprint density at radius 2 is 1.95 bits per heavy atom. The number of likely N-dealkylation sites (tertiary alicyclic amines) is 1. The van der Waals surface area contributed by atoms with E-state index >= 15 is 0 Å². The third-order valence-electron chi connectivity index (χ3n) is 4.83. The lowest BCUT2D eigenvalue weighted by Gasteiger charge is -2.25. The zero-order valence-electron chi connectivity index (χ0n) is 13.6. The van der Waals surface area contributed by atoms with E-state index < -0.39 is 11.9 Å². The number of nitrogens with zero attached hydrogens (tertiary/aromatic N) is 1. The van der Waals surface area contributed by atoms with Crippen molar-refractivity contribution in [1.29, 1.82) is 0 Å². The van der Waals surface area contributed by atoms with E-state index in [-0.39, 0.29) is 17.9 Å². The molecular weight excluding hydrogens is 278 g/mol. The van der Waals surface area contributed by atoms with Crippen LogP contribution in [-0.4, -0.2) is 34.5 Å². The Hall–Kier alpha value is -1.84. The Bertz CT molecular complexity index is 538. The van der Waals surface area contributed by atoms with Crippen LogP contribution in [0.2, 0.25) is 0 Å². The van der Waals surface area contributed by atoms with Crippen molar-refractivity contribution in [3.63, 3.8) is 0 Å². The fourth-order valence-electron chi connectivity index (χ4n) is 3.20. The van der Waals surface area contributed by atoms with Crippen LogP contribution < -0.4 is 0 Å². The third kappa shape index (κ3) is 3.49. The van der Waals surface area contributed by atoms with Gasteiger partial charge >= 0.3 is 5.97 Å². The summed E-state index contributed by atoms with van der Waals surface area (Å²) < 4.78 is 0. The summed E-state index contributed by atoms with van der Waals surface area (Å²) in [6.07, 6.45) is 2.00. The number of carboxylic acids is 1. The van der Waals surface area contributed by atoms with E-state index in [0.29, 0.717) is 19.4 Å². The van der Waals surface area contributed by atoms with Crippen molar-refractivity contribution in [2.75, 3.05) is 6.54 Å². The molecule has 0 bridgehead atoms. The van der Waals surface area contributed by atoms with Crippen LogP contribution in [0.5, 0.6) is 0 Å². The number of amides is 1. The Labute approximate surface area is 132 Å². The summed E-state index contributed by atoms with van der Waals surface area (Å²) in [6.45, 7) is 6.56. The molecule has 1 aromatic rings. The van der Waals surface area contributed by atoms with Crippen molar-refractivity contribution in [3.8, 4) is 0 Å². The van der Waals surface area contributed by atoms with E-state index in [0.717, 1.165) is 12.0 Å². The van der Waals surface area contributed by atoms with Crippen LogP contribution in [0.15, 0.2) is 24.3 Å². The molecule has 4 heteroatoms. The van der Waals surface area contributed by atoms with E-state index in [4.69, 9.17) is 5.11 Å². The SMILES string of the molecule is CCc1ccc(C(C)CC(=O)N2CCC(C(=O)O)C2C)cc1. The minimum absolute atomic E-state index is 0.0586. The van der Waals surface area contributed by atoms with Crippen LogP contribution >= 0.6 is 0 Å². The van der Waals surface area contributed by atoms with Gasteiger partial charge in [-0.25, -0.2) is 0 Å². The van der Waals surface area contributed by atoms with Crippen molar-refractivity contribution in [1.82, 2.24) is 4.90 Å². The zero-order chi connectivity index (χ0) is 16.3. The summed E-state index contributed by atoms with van der Waals surface area (Å²) in [4.78, 5) is 25.3. The molecule has 1 heterocycles. The van der Waals surface area contributed by atoms with E-state index in [1.807, 2.05) is 13.8 Å². The predicted octanol–water partition coefficient (Wildman–Crippen LogP) is 3.06. The number of carbonyl (C=O) groups is 2. The molecule has 1 saturated heterocycles. The molecule has 3 unspecified atom stereocenters. The quantitative estimate of drug-likeness (QED) is 0.909. The van der Waals surface area contributed by atoms with Gasteiger partial charge in [0, 0.05) is 19.0 Å². The van der Waals surface area contributed by atoms with Crippen LogP contribution in [0.3, 0.4) is 0 Å². The van der Waals surface area contributed by atoms with E-state index in [9.17, 15) is 9.59 Å². The van der Waals surface area contributed by atoms with E-state index in [1.165, 1.54) is 5.56 Å². The molecule has 0 saturated carbocycles. The van der Waals surface area contributed by atoms with Gasteiger partial charge in [0.25, 0.3) is 0 Å². The number of benzene rings is 1. The summed E-state index contributed by atoms with van der Waals surface area (Å²) in [7, 11) is 0. The summed E-state index contributed by atoms with van der Waals surface area (Å²) in [5.74, 6) is -1.02. The summed E-state index contributed by atoms with van der Waals surface area (Å²) in [5.41, 5.74) is 2.45. The average molecular weight is 303 g/mol. The van der Waals surface area contributed by atoms with Gasteiger partial charge < -0.3 is 10.0 Å². The summed E-state index contributed by atoms with van der Waals surface area (Å²) >= 11 is 0. The molecule has 1 aromatic carbocycles. The van der Waals surface area contributed by atoms with Crippen molar-refractivity contribution < 1.29 is 14.7 Å². The molecule has 0 aromatic heterocycles. The number of rotatable bonds is 5. The zero-order valence-corrected chi connectivity index (χ0v) is 13.6. The van der Waals surface area contributed by atoms with Gasteiger partial charge in [0.1, 0.15) is 0 Å². The maximum atomic E-state index is 12.5. The number of hydrogen-bond acceptors (Lipinski definition) is 2. The first-order valence-electron chi connectivity index (χ1n) is 8.05. The molecule has 1 amide bonds. The molecule has 2 rings (SSSR count). The van der Waals surface area contributed by atoms with Gasteiger partial charge in [-0.15, -0.1) is 0 Å². The Kier molecular flexibility index (Phi) is 5.22. The molecule has 0 spiro atoms. The first-order valence-corrected chi connectivity index (χ1v) is 8.05. The smallest absolute Gasteiger partial charge is 0.308 e. The van der Waals surface area contributed by atoms with Gasteiger partial charge in [-0.05, 0) is 36.8 Å². The molecule has 1 aliphatic rings. The first kappa shape index (κ1) is 16.5. The Balaban J connectivity index is 1.97. The molecule has 0 radical (unpaired) electrons. The lowest BCUT2D eigenvalue weighted by Crippen LogP contribution is -2.38. The average Bonchev–Trinajstić information content (AvgIpc) is 2.89. The molecule has 22 heavy (non-hydrogen) atoms. The monoisotopic (exact) mass is 303 g/mol. The topological polar surface area (TPSA) is 57.6 Å². The predicted molar refractivity (Wildman–Crippen MR) is 85.8 cm³/mol. The Morgan fingerprint density at radius 3 is 2.45 bits per heavy atom. The van der Waals surface area contributed by atoms with E-state index in [2.05, 4.69) is 31.2 Å². The molecule has 0 aliphatic carbocycles. The van der Waals surface area contributed by atoms with Crippen molar-refractivity contribution in [3.05, 3.63) is 35.4 Å². The van der Waals surface area contributed by atoms with Gasteiger partial charge in [0.15, 0.2) is 0 Å². The molecule has 120 valence electrons. The maximum Gasteiger partial charge on any atom is 0.308 e. The molecule has 3 atom stereocenters. The number of carboxylic acid groups (broad SMARTS) is 1. The summed E-state index contributed by atoms with van der Waals surface area (Å²) in [5, 5.41) is 9.15. The fourth-order valence-corrected chi connectivity index (χ4v) is 3.20. The van der Waals surface area contributed by atoms with Crippen LogP contribution in [0.4, 0.5) is 0 Å². The lowest BCUT2D eigenvalue weighted by molar-refractivity contribution is -0.143. The fraction of sp³-hybridized carbons (Fsp3) is 0.556. The van der Waals surface area contributed by atoms with Gasteiger partial charge in [-0.3, -0.25) is 9.59 Å². The number of hydrogen-bond donors (Lipinski definition) is 1. The lowest BCUT2D eigenvalue weighted by atomic mass is 9.95. The second-order valence-electron chi connectivity index (χ2n) is 6.26. The highest BCUT2D eigenvalue weighted by Crippen LogP contribution is 2.27. The standard InChI is InChI=1S/C18H25NO3/c1-4-14-5-7-15(8-6-14)12(2)11-17(20)19-10-9-16(13(19)3)18(21)22/h5-8,12-13,16H,4,9-11H2,1-3H3,(H,21,22). The van der Waals surface area contributed by atoms with Crippen molar-refractivity contribution >= 4 is 11.9 Å². The molecular formula is C18H25NO3. The highest BCUT2D eigenvalue weighted by Gasteiger charge is 2.38. The number of carbonyl (C=O) groups excluding carboxylic acids is 1. The maximum absolute atomic E-state index is 12.5. The molecule has 1 fully saturated rings. The van der Waals surface area contributed by atoms with Crippen LogP contribution in [-0.2, 0) is 16.0 Å². The number of aliphatic carboxylic acids is 1.